The fourth-order valence-electron chi connectivity index (χ4n) is 1.04. The van der Waals surface area contributed by atoms with Crippen LogP contribution in [0.5, 0.6) is 0 Å². The molecule has 7 nitrogen and oxygen atoms in total. The van der Waals surface area contributed by atoms with Crippen LogP contribution in [0.4, 0.5) is 0 Å². The number of carbonyl (C=O) groups excluding carboxylic acids is 2. The van der Waals surface area contributed by atoms with Gasteiger partial charge in [0.25, 0.3) is 0 Å². The molecule has 0 radical (unpaired) electrons. The standard InChI is InChI=1S/C8H15N3O4/c1-3(9)6(12)4(7(11)13)2-5(10)8(14)15/h3-5H,2,9-10H2,1H3,(H2,11,13)(H,14,15). The van der Waals surface area contributed by atoms with Crippen molar-refractivity contribution in [1.29, 1.82) is 0 Å². The Morgan fingerprint density at radius 2 is 1.73 bits per heavy atom. The maximum atomic E-state index is 11.4. The predicted octanol–water partition coefficient (Wildman–Crippen LogP) is -2.19. The quantitative estimate of drug-likeness (QED) is 0.371. The smallest absolute Gasteiger partial charge is 0.320 e. The summed E-state index contributed by atoms with van der Waals surface area (Å²) >= 11 is 0. The molecule has 0 aliphatic rings. The van der Waals surface area contributed by atoms with E-state index < -0.39 is 35.7 Å². The van der Waals surface area contributed by atoms with Gasteiger partial charge < -0.3 is 22.3 Å². The molecule has 1 amide bonds. The third kappa shape index (κ3) is 4.05. The molecule has 0 bridgehead atoms. The molecule has 3 atom stereocenters. The summed E-state index contributed by atoms with van der Waals surface area (Å²) in [5.41, 5.74) is 15.4. The van der Waals surface area contributed by atoms with Gasteiger partial charge in [0.05, 0.1) is 12.0 Å². The van der Waals surface area contributed by atoms with Crippen molar-refractivity contribution >= 4 is 17.7 Å². The van der Waals surface area contributed by atoms with Crippen molar-refractivity contribution in [3.05, 3.63) is 0 Å². The Balaban J connectivity index is 4.62. The van der Waals surface area contributed by atoms with Crippen LogP contribution in [0.25, 0.3) is 0 Å². The Morgan fingerprint density at radius 3 is 2.00 bits per heavy atom. The number of carbonyl (C=O) groups is 3. The van der Waals surface area contributed by atoms with Crippen LogP contribution in [-0.2, 0) is 14.4 Å². The van der Waals surface area contributed by atoms with E-state index in [4.69, 9.17) is 22.3 Å². The normalized spacial score (nSPS) is 16.5. The number of hydrogen-bond donors (Lipinski definition) is 4. The highest BCUT2D eigenvalue weighted by molar-refractivity contribution is 6.03. The Morgan fingerprint density at radius 1 is 1.27 bits per heavy atom. The van der Waals surface area contributed by atoms with Gasteiger partial charge in [-0.25, -0.2) is 0 Å². The molecule has 0 heterocycles. The zero-order chi connectivity index (χ0) is 12.2. The number of rotatable bonds is 6. The number of primary amides is 1. The molecule has 7 N–H and O–H groups in total. The van der Waals surface area contributed by atoms with Crippen molar-refractivity contribution in [3.63, 3.8) is 0 Å². The second-order valence-corrected chi connectivity index (χ2v) is 3.33. The van der Waals surface area contributed by atoms with Gasteiger partial charge >= 0.3 is 5.97 Å². The number of nitrogens with two attached hydrogens (primary N) is 3. The topological polar surface area (TPSA) is 150 Å². The van der Waals surface area contributed by atoms with Crippen molar-refractivity contribution in [2.75, 3.05) is 0 Å². The van der Waals surface area contributed by atoms with Gasteiger partial charge in [-0.3, -0.25) is 14.4 Å². The SMILES string of the molecule is CC(N)C(=O)C(CC(N)C(=O)O)C(N)=O. The average molecular weight is 217 g/mol. The highest BCUT2D eigenvalue weighted by atomic mass is 16.4. The molecular formula is C8H15N3O4. The van der Waals surface area contributed by atoms with E-state index in [-0.39, 0.29) is 6.42 Å². The average Bonchev–Trinajstić information content (AvgIpc) is 2.11. The first-order valence-corrected chi connectivity index (χ1v) is 4.34. The molecule has 0 aliphatic carbocycles. The third-order valence-electron chi connectivity index (χ3n) is 1.94. The molecule has 0 rings (SSSR count). The number of hydrogen-bond acceptors (Lipinski definition) is 5. The molecule has 0 spiro atoms. The lowest BCUT2D eigenvalue weighted by molar-refractivity contribution is -0.139. The van der Waals surface area contributed by atoms with Gasteiger partial charge in [-0.05, 0) is 13.3 Å². The number of carboxylic acid groups (broad SMARTS) is 1. The molecule has 0 aromatic heterocycles. The molecule has 15 heavy (non-hydrogen) atoms. The summed E-state index contributed by atoms with van der Waals surface area (Å²) in [5.74, 6) is -4.04. The van der Waals surface area contributed by atoms with Crippen LogP contribution in [-0.4, -0.2) is 34.8 Å². The van der Waals surface area contributed by atoms with Gasteiger partial charge in [0, 0.05) is 0 Å². The largest absolute Gasteiger partial charge is 0.480 e. The van der Waals surface area contributed by atoms with Gasteiger partial charge in [0.2, 0.25) is 5.91 Å². The predicted molar refractivity (Wildman–Crippen MR) is 51.6 cm³/mol. The van der Waals surface area contributed by atoms with Crippen LogP contribution in [0.3, 0.4) is 0 Å². The second kappa shape index (κ2) is 5.42. The van der Waals surface area contributed by atoms with Gasteiger partial charge in [0.15, 0.2) is 5.78 Å². The maximum Gasteiger partial charge on any atom is 0.320 e. The van der Waals surface area contributed by atoms with E-state index >= 15 is 0 Å². The summed E-state index contributed by atoms with van der Waals surface area (Å²) in [6, 6.07) is -2.17. The summed E-state index contributed by atoms with van der Waals surface area (Å²) in [7, 11) is 0. The van der Waals surface area contributed by atoms with Crippen LogP contribution >= 0.6 is 0 Å². The van der Waals surface area contributed by atoms with Crippen molar-refractivity contribution in [3.8, 4) is 0 Å². The zero-order valence-electron chi connectivity index (χ0n) is 8.34. The van der Waals surface area contributed by atoms with E-state index in [0.717, 1.165) is 0 Å². The van der Waals surface area contributed by atoms with Gasteiger partial charge in [-0.15, -0.1) is 0 Å². The minimum atomic E-state index is -1.30. The first-order chi connectivity index (χ1) is 6.77. The number of aliphatic carboxylic acids is 1. The minimum Gasteiger partial charge on any atom is -0.480 e. The van der Waals surface area contributed by atoms with Crippen molar-refractivity contribution in [2.24, 2.45) is 23.1 Å². The highest BCUT2D eigenvalue weighted by Crippen LogP contribution is 2.08. The molecular weight excluding hydrogens is 202 g/mol. The second-order valence-electron chi connectivity index (χ2n) is 3.33. The summed E-state index contributed by atoms with van der Waals surface area (Å²) in [6.07, 6.45) is -0.328. The molecule has 0 aliphatic heterocycles. The lowest BCUT2D eigenvalue weighted by Gasteiger charge is -2.16. The van der Waals surface area contributed by atoms with Gasteiger partial charge in [-0.1, -0.05) is 0 Å². The van der Waals surface area contributed by atoms with Crippen LogP contribution in [0.15, 0.2) is 0 Å². The van der Waals surface area contributed by atoms with E-state index in [0.29, 0.717) is 0 Å². The van der Waals surface area contributed by atoms with Crippen molar-refractivity contribution in [1.82, 2.24) is 0 Å². The Labute approximate surface area is 86.6 Å². The Bertz CT molecular complexity index is 277. The number of ketones is 1. The summed E-state index contributed by atoms with van der Waals surface area (Å²) in [6.45, 7) is 1.39. The Kier molecular flexibility index (Phi) is 4.89. The van der Waals surface area contributed by atoms with E-state index in [1.165, 1.54) is 6.92 Å². The molecule has 0 aromatic rings. The summed E-state index contributed by atoms with van der Waals surface area (Å²) < 4.78 is 0. The third-order valence-corrected chi connectivity index (χ3v) is 1.94. The number of amides is 1. The number of carboxylic acids is 1. The van der Waals surface area contributed by atoms with Gasteiger partial charge in [0.1, 0.15) is 6.04 Å². The molecule has 86 valence electrons. The molecule has 0 aromatic carbocycles. The first-order valence-electron chi connectivity index (χ1n) is 4.34. The van der Waals surface area contributed by atoms with E-state index in [1.54, 1.807) is 0 Å². The molecule has 0 fully saturated rings. The van der Waals surface area contributed by atoms with Crippen LogP contribution in [0, 0.1) is 5.92 Å². The summed E-state index contributed by atoms with van der Waals surface area (Å²) in [4.78, 5) is 32.7. The van der Waals surface area contributed by atoms with E-state index in [1.807, 2.05) is 0 Å². The minimum absolute atomic E-state index is 0.328. The monoisotopic (exact) mass is 217 g/mol. The van der Waals surface area contributed by atoms with Crippen LogP contribution < -0.4 is 17.2 Å². The van der Waals surface area contributed by atoms with Gasteiger partial charge in [-0.2, -0.15) is 0 Å². The van der Waals surface area contributed by atoms with E-state index in [2.05, 4.69) is 0 Å². The van der Waals surface area contributed by atoms with Crippen molar-refractivity contribution in [2.45, 2.75) is 25.4 Å². The molecule has 3 unspecified atom stereocenters. The Hall–Kier alpha value is -1.47. The fraction of sp³-hybridized carbons (Fsp3) is 0.625. The van der Waals surface area contributed by atoms with Crippen LogP contribution in [0.1, 0.15) is 13.3 Å². The van der Waals surface area contributed by atoms with Crippen molar-refractivity contribution < 1.29 is 19.5 Å². The van der Waals surface area contributed by atoms with Crippen LogP contribution in [0.2, 0.25) is 0 Å². The van der Waals surface area contributed by atoms with E-state index in [9.17, 15) is 14.4 Å². The number of Topliss-reactive ketones (excluding diaryl/α,β-unsaturated/α-hetero) is 1. The molecule has 0 saturated heterocycles. The lowest BCUT2D eigenvalue weighted by atomic mass is 9.92. The molecule has 7 heteroatoms. The highest BCUT2D eigenvalue weighted by Gasteiger charge is 2.30. The maximum absolute atomic E-state index is 11.4. The molecule has 0 saturated carbocycles. The lowest BCUT2D eigenvalue weighted by Crippen LogP contribution is -2.44. The zero-order valence-corrected chi connectivity index (χ0v) is 8.34. The first kappa shape index (κ1) is 13.5. The summed E-state index contributed by atoms with van der Waals surface area (Å²) in [5, 5.41) is 8.51. The fourth-order valence-corrected chi connectivity index (χ4v) is 1.04.